The molecule has 4 nitrogen and oxygen atoms in total. The Balaban J connectivity index is 2.53. The molecule has 66 valence electrons. The molecule has 0 bridgehead atoms. The van der Waals surface area contributed by atoms with E-state index in [1.54, 1.807) is 29.4 Å². The van der Waals surface area contributed by atoms with Crippen molar-refractivity contribution >= 4 is 23.2 Å². The number of imidazole rings is 1. The maximum Gasteiger partial charge on any atom is 0.225 e. The Hall–Kier alpha value is -1.13. The first-order valence-electron chi connectivity index (χ1n) is 3.44. The van der Waals surface area contributed by atoms with Gasteiger partial charge in [-0.2, -0.15) is 4.98 Å². The van der Waals surface area contributed by atoms with E-state index >= 15 is 0 Å². The summed E-state index contributed by atoms with van der Waals surface area (Å²) in [7, 11) is 0. The van der Waals surface area contributed by atoms with E-state index in [9.17, 15) is 0 Å². The number of rotatable bonds is 1. The quantitative estimate of drug-likeness (QED) is 0.539. The van der Waals surface area contributed by atoms with Crippen LogP contribution in [0.3, 0.4) is 0 Å². The van der Waals surface area contributed by atoms with E-state index in [0.29, 0.717) is 11.0 Å². The fraction of sp³-hybridized carbons (Fsp3) is 0. The zero-order valence-electron chi connectivity index (χ0n) is 6.35. The number of hydrogen-bond donors (Lipinski definition) is 0. The Morgan fingerprint density at radius 3 is 2.69 bits per heavy atom. The molecule has 2 aromatic rings. The van der Waals surface area contributed by atoms with E-state index in [2.05, 4.69) is 15.0 Å². The first-order valence-corrected chi connectivity index (χ1v) is 4.20. The molecule has 0 aromatic carbocycles. The Morgan fingerprint density at radius 1 is 1.23 bits per heavy atom. The molecule has 0 aliphatic rings. The fourth-order valence-corrected chi connectivity index (χ4v) is 1.30. The highest BCUT2D eigenvalue weighted by atomic mass is 35.5. The predicted octanol–water partition coefficient (Wildman–Crippen LogP) is 1.97. The number of hydrogen-bond acceptors (Lipinski definition) is 3. The molecule has 0 saturated carbocycles. The van der Waals surface area contributed by atoms with E-state index in [-0.39, 0.29) is 5.28 Å². The van der Waals surface area contributed by atoms with Gasteiger partial charge in [0, 0.05) is 18.5 Å². The van der Waals surface area contributed by atoms with Crippen LogP contribution in [-0.2, 0) is 0 Å². The Morgan fingerprint density at radius 2 is 2.08 bits per heavy atom. The molecule has 2 rings (SSSR count). The molecular weight excluding hydrogens is 211 g/mol. The van der Waals surface area contributed by atoms with Gasteiger partial charge in [0.1, 0.15) is 17.3 Å². The van der Waals surface area contributed by atoms with Crippen LogP contribution in [-0.4, -0.2) is 19.5 Å². The lowest BCUT2D eigenvalue weighted by Crippen LogP contribution is -1.96. The van der Waals surface area contributed by atoms with Gasteiger partial charge in [0.25, 0.3) is 0 Å². The lowest BCUT2D eigenvalue weighted by Gasteiger charge is -2.00. The highest BCUT2D eigenvalue weighted by Gasteiger charge is 2.01. The molecule has 0 fully saturated rings. The van der Waals surface area contributed by atoms with Gasteiger partial charge in [-0.15, -0.1) is 0 Å². The van der Waals surface area contributed by atoms with Crippen LogP contribution in [0.2, 0.25) is 10.4 Å². The topological polar surface area (TPSA) is 43.6 Å². The minimum Gasteiger partial charge on any atom is -0.290 e. The first kappa shape index (κ1) is 8.47. The molecule has 2 heterocycles. The van der Waals surface area contributed by atoms with Gasteiger partial charge < -0.3 is 0 Å². The highest BCUT2D eigenvalue weighted by molar-refractivity contribution is 6.31. The van der Waals surface area contributed by atoms with Crippen molar-refractivity contribution in [2.75, 3.05) is 0 Å². The maximum atomic E-state index is 5.70. The summed E-state index contributed by atoms with van der Waals surface area (Å²) in [6.07, 6.45) is 4.99. The van der Waals surface area contributed by atoms with Gasteiger partial charge in [-0.25, -0.2) is 9.97 Å². The third kappa shape index (κ3) is 1.79. The SMILES string of the molecule is Clc1cc(-n2ccnc2)nc(Cl)n1. The number of halogens is 2. The largest absolute Gasteiger partial charge is 0.290 e. The molecule has 0 saturated heterocycles. The number of nitrogens with zero attached hydrogens (tertiary/aromatic N) is 4. The third-order valence-corrected chi connectivity index (χ3v) is 1.79. The molecule has 2 aromatic heterocycles. The highest BCUT2D eigenvalue weighted by Crippen LogP contribution is 2.13. The molecule has 0 spiro atoms. The van der Waals surface area contributed by atoms with E-state index in [1.807, 2.05) is 0 Å². The van der Waals surface area contributed by atoms with Gasteiger partial charge in [0.2, 0.25) is 5.28 Å². The van der Waals surface area contributed by atoms with Gasteiger partial charge in [0.15, 0.2) is 0 Å². The summed E-state index contributed by atoms with van der Waals surface area (Å²) < 4.78 is 1.69. The van der Waals surface area contributed by atoms with Crippen LogP contribution in [0.5, 0.6) is 0 Å². The Labute approximate surface area is 84.2 Å². The Kier molecular flexibility index (Phi) is 2.16. The third-order valence-electron chi connectivity index (χ3n) is 1.42. The average Bonchev–Trinajstić information content (AvgIpc) is 2.53. The van der Waals surface area contributed by atoms with Crippen LogP contribution in [0.25, 0.3) is 5.82 Å². The van der Waals surface area contributed by atoms with Crippen molar-refractivity contribution in [3.63, 3.8) is 0 Å². The summed E-state index contributed by atoms with van der Waals surface area (Å²) in [6, 6.07) is 1.61. The molecule has 0 aliphatic carbocycles. The Bertz CT molecular complexity index is 392. The van der Waals surface area contributed by atoms with E-state index in [1.165, 1.54) is 0 Å². The standard InChI is InChI=1S/C7H4Cl2N4/c8-5-3-6(12-7(9)11-5)13-2-1-10-4-13/h1-4H. The minimum absolute atomic E-state index is 0.121. The van der Waals surface area contributed by atoms with Gasteiger partial charge in [-0.05, 0) is 11.6 Å². The van der Waals surface area contributed by atoms with E-state index in [0.717, 1.165) is 0 Å². The second kappa shape index (κ2) is 3.32. The maximum absolute atomic E-state index is 5.70. The summed E-state index contributed by atoms with van der Waals surface area (Å²) in [6.45, 7) is 0. The van der Waals surface area contributed by atoms with Crippen molar-refractivity contribution in [2.24, 2.45) is 0 Å². The van der Waals surface area contributed by atoms with Crippen LogP contribution < -0.4 is 0 Å². The fourth-order valence-electron chi connectivity index (χ4n) is 0.906. The minimum atomic E-state index is 0.121. The van der Waals surface area contributed by atoms with Crippen molar-refractivity contribution in [3.05, 3.63) is 35.2 Å². The second-order valence-electron chi connectivity index (χ2n) is 2.29. The molecule has 0 amide bonds. The van der Waals surface area contributed by atoms with Crippen molar-refractivity contribution in [1.82, 2.24) is 19.5 Å². The molecular formula is C7H4Cl2N4. The van der Waals surface area contributed by atoms with Gasteiger partial charge in [-0.3, -0.25) is 4.57 Å². The predicted molar refractivity (Wildman–Crippen MR) is 49.2 cm³/mol. The molecule has 6 heteroatoms. The van der Waals surface area contributed by atoms with Crippen molar-refractivity contribution in [3.8, 4) is 5.82 Å². The average molecular weight is 215 g/mol. The summed E-state index contributed by atoms with van der Waals surface area (Å²) in [5.74, 6) is 0.600. The molecule has 0 N–H and O–H groups in total. The van der Waals surface area contributed by atoms with E-state index < -0.39 is 0 Å². The lowest BCUT2D eigenvalue weighted by molar-refractivity contribution is 0.971. The smallest absolute Gasteiger partial charge is 0.225 e. The van der Waals surface area contributed by atoms with Gasteiger partial charge >= 0.3 is 0 Å². The van der Waals surface area contributed by atoms with Crippen LogP contribution >= 0.6 is 23.2 Å². The van der Waals surface area contributed by atoms with Crippen LogP contribution in [0.15, 0.2) is 24.8 Å². The summed E-state index contributed by atoms with van der Waals surface area (Å²) in [5.41, 5.74) is 0. The normalized spacial score (nSPS) is 10.3. The molecule has 0 aliphatic heterocycles. The van der Waals surface area contributed by atoms with Crippen molar-refractivity contribution in [1.29, 1.82) is 0 Å². The van der Waals surface area contributed by atoms with Crippen LogP contribution in [0, 0.1) is 0 Å². The summed E-state index contributed by atoms with van der Waals surface area (Å²) >= 11 is 11.3. The van der Waals surface area contributed by atoms with Crippen LogP contribution in [0.1, 0.15) is 0 Å². The molecule has 0 atom stereocenters. The molecule has 0 unspecified atom stereocenters. The first-order chi connectivity index (χ1) is 6.25. The summed E-state index contributed by atoms with van der Waals surface area (Å²) in [5, 5.41) is 0.430. The zero-order chi connectivity index (χ0) is 9.26. The van der Waals surface area contributed by atoms with Crippen LogP contribution in [0.4, 0.5) is 0 Å². The number of aromatic nitrogens is 4. The molecule has 13 heavy (non-hydrogen) atoms. The van der Waals surface area contributed by atoms with Crippen molar-refractivity contribution in [2.45, 2.75) is 0 Å². The van der Waals surface area contributed by atoms with Gasteiger partial charge in [0.05, 0.1) is 0 Å². The monoisotopic (exact) mass is 214 g/mol. The second-order valence-corrected chi connectivity index (χ2v) is 3.01. The molecule has 0 radical (unpaired) electrons. The van der Waals surface area contributed by atoms with E-state index in [4.69, 9.17) is 23.2 Å². The van der Waals surface area contributed by atoms with Crippen molar-refractivity contribution < 1.29 is 0 Å². The lowest BCUT2D eigenvalue weighted by atomic mass is 10.6. The summed E-state index contributed by atoms with van der Waals surface area (Å²) in [4.78, 5) is 11.6. The zero-order valence-corrected chi connectivity index (χ0v) is 7.87. The van der Waals surface area contributed by atoms with Gasteiger partial charge in [-0.1, -0.05) is 11.6 Å².